The Morgan fingerprint density at radius 1 is 1.10 bits per heavy atom. The van der Waals surface area contributed by atoms with Gasteiger partial charge in [0.1, 0.15) is 17.3 Å². The lowest BCUT2D eigenvalue weighted by Crippen LogP contribution is -2.22. The van der Waals surface area contributed by atoms with Crippen molar-refractivity contribution in [2.45, 2.75) is 13.3 Å². The summed E-state index contributed by atoms with van der Waals surface area (Å²) in [6.45, 7) is 1.79. The molecule has 0 spiro atoms. The number of rotatable bonds is 10. The number of nitrogens with one attached hydrogen (secondary N) is 1. The number of nitro benzene ring substituents is 1. The molecule has 2 aromatic carbocycles. The molecule has 0 aromatic heterocycles. The van der Waals surface area contributed by atoms with Gasteiger partial charge in [0.2, 0.25) is 0 Å². The lowest BCUT2D eigenvalue weighted by atomic mass is 10.2. The van der Waals surface area contributed by atoms with Gasteiger partial charge in [0, 0.05) is 12.1 Å². The fraction of sp³-hybridized carbons (Fsp3) is 0.263. The van der Waals surface area contributed by atoms with Crippen LogP contribution in [0.1, 0.15) is 13.3 Å². The van der Waals surface area contributed by atoms with Gasteiger partial charge in [-0.2, -0.15) is 0 Å². The molecular weight excluding hydrogens is 387 g/mol. The quantitative estimate of drug-likeness (QED) is 0.366. The zero-order chi connectivity index (χ0) is 21.2. The Morgan fingerprint density at radius 2 is 1.76 bits per heavy atom. The number of carbonyl (C=O) groups is 2. The maximum Gasteiger partial charge on any atom is 0.309 e. The van der Waals surface area contributed by atoms with E-state index in [-0.39, 0.29) is 24.4 Å². The van der Waals surface area contributed by atoms with Crippen molar-refractivity contribution in [2.24, 2.45) is 0 Å². The Kier molecular flexibility index (Phi) is 7.89. The first-order valence-electron chi connectivity index (χ1n) is 8.64. The molecule has 1 N–H and O–H groups in total. The molecule has 0 aliphatic carbocycles. The van der Waals surface area contributed by atoms with Crippen molar-refractivity contribution >= 4 is 23.3 Å². The normalized spacial score (nSPS) is 10.1. The van der Waals surface area contributed by atoms with E-state index in [2.05, 4.69) is 5.32 Å². The van der Waals surface area contributed by atoms with Crippen LogP contribution >= 0.6 is 0 Å². The minimum atomic E-state index is -0.848. The third-order valence-electron chi connectivity index (χ3n) is 3.51. The minimum absolute atomic E-state index is 0.0357. The Morgan fingerprint density at radius 3 is 2.38 bits per heavy atom. The molecule has 1 amide bonds. The highest BCUT2D eigenvalue weighted by Gasteiger charge is 2.14. The molecule has 0 saturated heterocycles. The van der Waals surface area contributed by atoms with Crippen LogP contribution in [0.25, 0.3) is 0 Å². The van der Waals surface area contributed by atoms with Crippen LogP contribution in [0.5, 0.6) is 11.5 Å². The molecule has 0 heterocycles. The third kappa shape index (κ3) is 7.09. The summed E-state index contributed by atoms with van der Waals surface area (Å²) in [4.78, 5) is 33.4. The summed E-state index contributed by atoms with van der Waals surface area (Å²) in [5.41, 5.74) is -0.760. The number of carbonyl (C=O) groups excluding carboxylic acids is 2. The number of benzene rings is 2. The predicted octanol–water partition coefficient (Wildman–Crippen LogP) is 3.08. The first-order chi connectivity index (χ1) is 13.9. The predicted molar refractivity (Wildman–Crippen MR) is 100 cm³/mol. The van der Waals surface area contributed by atoms with Crippen LogP contribution in [0.2, 0.25) is 0 Å². The molecule has 0 bridgehead atoms. The van der Waals surface area contributed by atoms with Crippen LogP contribution in [0, 0.1) is 15.9 Å². The lowest BCUT2D eigenvalue weighted by molar-refractivity contribution is -0.384. The van der Waals surface area contributed by atoms with Gasteiger partial charge in [0.25, 0.3) is 11.6 Å². The van der Waals surface area contributed by atoms with Gasteiger partial charge in [-0.15, -0.1) is 0 Å². The van der Waals surface area contributed by atoms with Crippen LogP contribution < -0.4 is 14.8 Å². The van der Waals surface area contributed by atoms with E-state index in [1.807, 2.05) is 6.92 Å². The van der Waals surface area contributed by atoms with E-state index in [1.165, 1.54) is 0 Å². The second-order valence-electron chi connectivity index (χ2n) is 5.63. The zero-order valence-corrected chi connectivity index (χ0v) is 15.6. The van der Waals surface area contributed by atoms with Crippen molar-refractivity contribution in [3.05, 3.63) is 58.4 Å². The molecule has 0 unspecified atom stereocenters. The van der Waals surface area contributed by atoms with Gasteiger partial charge in [-0.25, -0.2) is 4.39 Å². The average molecular weight is 406 g/mol. The first kappa shape index (κ1) is 21.6. The van der Waals surface area contributed by atoms with Crippen LogP contribution in [0.15, 0.2) is 42.5 Å². The highest BCUT2D eigenvalue weighted by atomic mass is 19.1. The van der Waals surface area contributed by atoms with E-state index < -0.39 is 29.2 Å². The minimum Gasteiger partial charge on any atom is -0.494 e. The molecule has 0 aliphatic rings. The molecule has 2 aromatic rings. The Balaban J connectivity index is 1.72. The maximum atomic E-state index is 13.6. The number of anilines is 1. The van der Waals surface area contributed by atoms with Gasteiger partial charge < -0.3 is 19.5 Å². The summed E-state index contributed by atoms with van der Waals surface area (Å²) < 4.78 is 29.1. The monoisotopic (exact) mass is 406 g/mol. The Hall–Kier alpha value is -3.69. The van der Waals surface area contributed by atoms with E-state index in [9.17, 15) is 24.1 Å². The van der Waals surface area contributed by atoms with Gasteiger partial charge in [-0.3, -0.25) is 19.7 Å². The van der Waals surface area contributed by atoms with Gasteiger partial charge >= 0.3 is 5.97 Å². The van der Waals surface area contributed by atoms with Crippen LogP contribution in [0.4, 0.5) is 15.8 Å². The molecule has 29 heavy (non-hydrogen) atoms. The van der Waals surface area contributed by atoms with Crippen LogP contribution in [0.3, 0.4) is 0 Å². The third-order valence-corrected chi connectivity index (χ3v) is 3.51. The average Bonchev–Trinajstić information content (AvgIpc) is 2.69. The molecule has 154 valence electrons. The van der Waals surface area contributed by atoms with E-state index in [0.717, 1.165) is 18.2 Å². The van der Waals surface area contributed by atoms with Gasteiger partial charge in [0.05, 0.1) is 30.2 Å². The fourth-order valence-electron chi connectivity index (χ4n) is 2.18. The molecule has 0 saturated carbocycles. The van der Waals surface area contributed by atoms with Crippen LogP contribution in [-0.4, -0.2) is 36.6 Å². The largest absolute Gasteiger partial charge is 0.494 e. The summed E-state index contributed by atoms with van der Waals surface area (Å²) in [6.07, 6.45) is -0.105. The molecular formula is C19H19FN2O7. The SMILES string of the molecule is CCOc1ccc(OCCC(=O)OCC(=O)Nc2cc([N+](=O)[O-])ccc2F)cc1. The summed E-state index contributed by atoms with van der Waals surface area (Å²) in [6, 6.07) is 9.55. The van der Waals surface area contributed by atoms with Gasteiger partial charge in [-0.05, 0) is 37.3 Å². The number of halogens is 1. The molecule has 0 atom stereocenters. The van der Waals surface area contributed by atoms with Crippen LogP contribution in [-0.2, 0) is 14.3 Å². The molecule has 10 heteroatoms. The summed E-state index contributed by atoms with van der Waals surface area (Å²) in [5.74, 6) is -1.12. The number of ether oxygens (including phenoxy) is 3. The van der Waals surface area contributed by atoms with E-state index in [1.54, 1.807) is 24.3 Å². The molecule has 0 radical (unpaired) electrons. The second kappa shape index (κ2) is 10.6. The number of esters is 1. The van der Waals surface area contributed by atoms with Crippen molar-refractivity contribution in [3.8, 4) is 11.5 Å². The number of hydrogen-bond donors (Lipinski definition) is 1. The van der Waals surface area contributed by atoms with Gasteiger partial charge in [0.15, 0.2) is 6.61 Å². The summed E-state index contributed by atoms with van der Waals surface area (Å²) in [7, 11) is 0. The number of nitro groups is 1. The standard InChI is InChI=1S/C19H19FN2O7/c1-2-27-14-4-6-15(7-5-14)28-10-9-19(24)29-12-18(23)21-17-11-13(22(25)26)3-8-16(17)20/h3-8,11H,2,9-10,12H2,1H3,(H,21,23). The van der Waals surface area contributed by atoms with Crippen molar-refractivity contribution < 1.29 is 33.1 Å². The smallest absolute Gasteiger partial charge is 0.309 e. The van der Waals surface area contributed by atoms with E-state index in [0.29, 0.717) is 18.1 Å². The maximum absolute atomic E-state index is 13.6. The number of hydrogen-bond acceptors (Lipinski definition) is 7. The molecule has 2 rings (SSSR count). The molecule has 9 nitrogen and oxygen atoms in total. The fourth-order valence-corrected chi connectivity index (χ4v) is 2.18. The summed E-state index contributed by atoms with van der Waals surface area (Å²) in [5, 5.41) is 12.8. The van der Waals surface area contributed by atoms with Crippen molar-refractivity contribution in [2.75, 3.05) is 25.1 Å². The second-order valence-corrected chi connectivity index (χ2v) is 5.63. The summed E-state index contributed by atoms with van der Waals surface area (Å²) >= 11 is 0. The topological polar surface area (TPSA) is 117 Å². The number of nitrogens with zero attached hydrogens (tertiary/aromatic N) is 1. The highest BCUT2D eigenvalue weighted by Crippen LogP contribution is 2.21. The molecule has 0 aliphatic heterocycles. The first-order valence-corrected chi connectivity index (χ1v) is 8.64. The Bertz CT molecular complexity index is 871. The van der Waals surface area contributed by atoms with E-state index in [4.69, 9.17) is 14.2 Å². The number of amides is 1. The molecule has 0 fully saturated rings. The van der Waals surface area contributed by atoms with E-state index >= 15 is 0 Å². The van der Waals surface area contributed by atoms with Crippen molar-refractivity contribution in [3.63, 3.8) is 0 Å². The highest BCUT2D eigenvalue weighted by molar-refractivity contribution is 5.93. The van der Waals surface area contributed by atoms with Crippen molar-refractivity contribution in [1.82, 2.24) is 0 Å². The van der Waals surface area contributed by atoms with Crippen molar-refractivity contribution in [1.29, 1.82) is 0 Å². The number of non-ortho nitro benzene ring substituents is 1. The lowest BCUT2D eigenvalue weighted by Gasteiger charge is -2.09. The Labute approximate surface area is 165 Å². The zero-order valence-electron chi connectivity index (χ0n) is 15.6. The van der Waals surface area contributed by atoms with Gasteiger partial charge in [-0.1, -0.05) is 0 Å².